The summed E-state index contributed by atoms with van der Waals surface area (Å²) in [4.78, 5) is 5.76. The maximum atomic E-state index is 5.71. The molecule has 2 aromatic rings. The second-order valence-electron chi connectivity index (χ2n) is 3.65. The van der Waals surface area contributed by atoms with Crippen molar-refractivity contribution in [1.82, 2.24) is 20.0 Å². The Morgan fingerprint density at radius 2 is 1.93 bits per heavy atom. The first kappa shape index (κ1) is 9.64. The van der Waals surface area contributed by atoms with E-state index >= 15 is 0 Å². The van der Waals surface area contributed by atoms with Crippen LogP contribution in [0.15, 0.2) is 24.7 Å². The number of nitrogens with two attached hydrogens (primary N) is 1. The van der Waals surface area contributed by atoms with Crippen molar-refractivity contribution < 1.29 is 0 Å². The summed E-state index contributed by atoms with van der Waals surface area (Å²) in [7, 11) is 0. The van der Waals surface area contributed by atoms with Gasteiger partial charge in [-0.05, 0) is 12.0 Å². The molecule has 5 heteroatoms. The van der Waals surface area contributed by atoms with Gasteiger partial charge in [0, 0.05) is 5.56 Å². The molecule has 15 heavy (non-hydrogen) atoms. The quantitative estimate of drug-likeness (QED) is 0.800. The number of aromatic nitrogens is 4. The Balaban J connectivity index is 2.56. The van der Waals surface area contributed by atoms with E-state index in [4.69, 9.17) is 5.73 Å². The summed E-state index contributed by atoms with van der Waals surface area (Å²) >= 11 is 0. The third-order valence-corrected chi connectivity index (χ3v) is 2.15. The zero-order valence-corrected chi connectivity index (χ0v) is 8.75. The highest BCUT2D eigenvalue weighted by Gasteiger charge is 2.11. The molecule has 0 fully saturated rings. The molecular weight excluding hydrogens is 190 g/mol. The van der Waals surface area contributed by atoms with Gasteiger partial charge in [0.05, 0.1) is 24.3 Å². The summed E-state index contributed by atoms with van der Waals surface area (Å²) in [5.74, 6) is 1.08. The van der Waals surface area contributed by atoms with Crippen molar-refractivity contribution in [3.8, 4) is 5.82 Å². The molecule has 2 aromatic heterocycles. The molecule has 0 aromatic carbocycles. The van der Waals surface area contributed by atoms with Gasteiger partial charge in [0.1, 0.15) is 0 Å². The number of rotatable bonds is 2. The summed E-state index contributed by atoms with van der Waals surface area (Å²) in [6.07, 6.45) is 4.87. The van der Waals surface area contributed by atoms with Crippen LogP contribution in [0.25, 0.3) is 5.82 Å². The van der Waals surface area contributed by atoms with E-state index in [1.807, 2.05) is 6.07 Å². The molecule has 0 amide bonds. The molecule has 78 valence electrons. The van der Waals surface area contributed by atoms with Crippen molar-refractivity contribution in [1.29, 1.82) is 0 Å². The van der Waals surface area contributed by atoms with Crippen molar-refractivity contribution >= 4 is 5.69 Å². The SMILES string of the molecule is CC(C)c1cc(N)cnc1-n1nccn1. The van der Waals surface area contributed by atoms with Crippen LogP contribution in [-0.4, -0.2) is 20.0 Å². The molecule has 0 aliphatic rings. The normalized spacial score (nSPS) is 10.9. The topological polar surface area (TPSA) is 69.6 Å². The fourth-order valence-corrected chi connectivity index (χ4v) is 1.41. The monoisotopic (exact) mass is 203 g/mol. The molecule has 0 radical (unpaired) electrons. The highest BCUT2D eigenvalue weighted by Crippen LogP contribution is 2.21. The van der Waals surface area contributed by atoms with Crippen LogP contribution >= 0.6 is 0 Å². The van der Waals surface area contributed by atoms with Crippen LogP contribution in [0.5, 0.6) is 0 Å². The first-order valence-electron chi connectivity index (χ1n) is 4.80. The van der Waals surface area contributed by atoms with E-state index in [9.17, 15) is 0 Å². The van der Waals surface area contributed by atoms with E-state index in [-0.39, 0.29) is 0 Å². The lowest BCUT2D eigenvalue weighted by Gasteiger charge is -2.10. The smallest absolute Gasteiger partial charge is 0.177 e. The number of nitrogen functional groups attached to an aromatic ring is 1. The van der Waals surface area contributed by atoms with Gasteiger partial charge in [-0.3, -0.25) is 0 Å². The lowest BCUT2D eigenvalue weighted by atomic mass is 10.0. The highest BCUT2D eigenvalue weighted by atomic mass is 15.5. The molecule has 0 aliphatic heterocycles. The van der Waals surface area contributed by atoms with Crippen molar-refractivity contribution in [2.24, 2.45) is 0 Å². The van der Waals surface area contributed by atoms with Gasteiger partial charge < -0.3 is 5.73 Å². The number of hydrogen-bond donors (Lipinski definition) is 1. The Bertz CT molecular complexity index is 447. The Hall–Kier alpha value is -1.91. The highest BCUT2D eigenvalue weighted by molar-refractivity contribution is 5.46. The van der Waals surface area contributed by atoms with Gasteiger partial charge in [-0.25, -0.2) is 4.98 Å². The van der Waals surface area contributed by atoms with E-state index in [1.165, 1.54) is 4.80 Å². The maximum Gasteiger partial charge on any atom is 0.177 e. The summed E-state index contributed by atoms with van der Waals surface area (Å²) in [5, 5.41) is 8.12. The molecule has 5 nitrogen and oxygen atoms in total. The summed E-state index contributed by atoms with van der Waals surface area (Å²) < 4.78 is 0. The molecule has 0 unspecified atom stereocenters. The first-order valence-corrected chi connectivity index (χ1v) is 4.80. The number of nitrogens with zero attached hydrogens (tertiary/aromatic N) is 4. The largest absolute Gasteiger partial charge is 0.397 e. The van der Waals surface area contributed by atoms with Gasteiger partial charge in [-0.2, -0.15) is 10.2 Å². The van der Waals surface area contributed by atoms with Crippen LogP contribution < -0.4 is 5.73 Å². The van der Waals surface area contributed by atoms with Crippen LogP contribution in [0.4, 0.5) is 5.69 Å². The number of pyridine rings is 1. The molecule has 0 saturated heterocycles. The second kappa shape index (κ2) is 3.68. The maximum absolute atomic E-state index is 5.71. The molecule has 0 aliphatic carbocycles. The third-order valence-electron chi connectivity index (χ3n) is 2.15. The lowest BCUT2D eigenvalue weighted by Crippen LogP contribution is -2.07. The zero-order valence-electron chi connectivity index (χ0n) is 8.75. The van der Waals surface area contributed by atoms with Crippen molar-refractivity contribution in [2.45, 2.75) is 19.8 Å². The Morgan fingerprint density at radius 3 is 2.53 bits per heavy atom. The first-order chi connectivity index (χ1) is 7.18. The predicted octanol–water partition coefficient (Wildman–Crippen LogP) is 1.37. The fourth-order valence-electron chi connectivity index (χ4n) is 1.41. The molecule has 2 N–H and O–H groups in total. The van der Waals surface area contributed by atoms with Crippen LogP contribution in [0.3, 0.4) is 0 Å². The third kappa shape index (κ3) is 1.81. The van der Waals surface area contributed by atoms with E-state index in [1.54, 1.807) is 18.6 Å². The minimum absolute atomic E-state index is 0.335. The van der Waals surface area contributed by atoms with E-state index in [0.29, 0.717) is 11.6 Å². The minimum Gasteiger partial charge on any atom is -0.397 e. The Labute approximate surface area is 87.9 Å². The van der Waals surface area contributed by atoms with Crippen molar-refractivity contribution in [3.05, 3.63) is 30.2 Å². The standard InChI is InChI=1S/C10H13N5/c1-7(2)9-5-8(11)6-12-10(9)15-13-3-4-14-15/h3-7H,11H2,1-2H3. The average molecular weight is 203 g/mol. The van der Waals surface area contributed by atoms with Crippen LogP contribution in [0, 0.1) is 0 Å². The molecule has 0 spiro atoms. The predicted molar refractivity (Wildman–Crippen MR) is 57.7 cm³/mol. The fraction of sp³-hybridized carbons (Fsp3) is 0.300. The summed E-state index contributed by atoms with van der Waals surface area (Å²) in [5.41, 5.74) is 7.42. The van der Waals surface area contributed by atoms with Gasteiger partial charge in [-0.15, -0.1) is 4.80 Å². The Morgan fingerprint density at radius 1 is 1.27 bits per heavy atom. The molecule has 2 heterocycles. The van der Waals surface area contributed by atoms with E-state index in [2.05, 4.69) is 29.0 Å². The average Bonchev–Trinajstić information content (AvgIpc) is 2.70. The van der Waals surface area contributed by atoms with Gasteiger partial charge in [0.25, 0.3) is 0 Å². The molecular formula is C10H13N5. The van der Waals surface area contributed by atoms with Crippen molar-refractivity contribution in [2.75, 3.05) is 5.73 Å². The van der Waals surface area contributed by atoms with Crippen LogP contribution in [0.1, 0.15) is 25.3 Å². The van der Waals surface area contributed by atoms with E-state index < -0.39 is 0 Å². The van der Waals surface area contributed by atoms with E-state index in [0.717, 1.165) is 11.4 Å². The number of hydrogen-bond acceptors (Lipinski definition) is 4. The lowest BCUT2D eigenvalue weighted by molar-refractivity contribution is 0.704. The van der Waals surface area contributed by atoms with Crippen molar-refractivity contribution in [3.63, 3.8) is 0 Å². The van der Waals surface area contributed by atoms with Crippen LogP contribution in [-0.2, 0) is 0 Å². The minimum atomic E-state index is 0.335. The van der Waals surface area contributed by atoms with Gasteiger partial charge in [-0.1, -0.05) is 13.8 Å². The molecule has 0 bridgehead atoms. The zero-order chi connectivity index (χ0) is 10.8. The van der Waals surface area contributed by atoms with Gasteiger partial charge in [0.15, 0.2) is 5.82 Å². The van der Waals surface area contributed by atoms with Crippen LogP contribution in [0.2, 0.25) is 0 Å². The summed E-state index contributed by atoms with van der Waals surface area (Å²) in [6.45, 7) is 4.17. The summed E-state index contributed by atoms with van der Waals surface area (Å²) in [6, 6.07) is 1.91. The Kier molecular flexibility index (Phi) is 2.37. The number of anilines is 1. The molecule has 2 rings (SSSR count). The van der Waals surface area contributed by atoms with Gasteiger partial charge in [0.2, 0.25) is 0 Å². The molecule has 0 atom stereocenters. The molecule has 0 saturated carbocycles. The second-order valence-corrected chi connectivity index (χ2v) is 3.65. The van der Waals surface area contributed by atoms with Gasteiger partial charge >= 0.3 is 0 Å².